The van der Waals surface area contributed by atoms with Crippen molar-refractivity contribution in [3.63, 3.8) is 0 Å². The van der Waals surface area contributed by atoms with Gasteiger partial charge in [-0.05, 0) is 48.6 Å². The molecule has 0 spiro atoms. The van der Waals surface area contributed by atoms with Crippen molar-refractivity contribution in [2.24, 2.45) is 5.92 Å². The highest BCUT2D eigenvalue weighted by atomic mass is 14.3. The topological polar surface area (TPSA) is 23.8 Å². The van der Waals surface area contributed by atoms with Crippen molar-refractivity contribution >= 4 is 0 Å². The highest BCUT2D eigenvalue weighted by Crippen LogP contribution is 2.37. The van der Waals surface area contributed by atoms with E-state index in [9.17, 15) is 0 Å². The van der Waals surface area contributed by atoms with E-state index in [-0.39, 0.29) is 0 Å². The van der Waals surface area contributed by atoms with E-state index in [1.165, 1.54) is 44.1 Å². The van der Waals surface area contributed by atoms with Crippen molar-refractivity contribution in [3.05, 3.63) is 35.4 Å². The quantitative estimate of drug-likeness (QED) is 0.741. The van der Waals surface area contributed by atoms with Gasteiger partial charge >= 0.3 is 0 Å². The lowest BCUT2D eigenvalue weighted by molar-refractivity contribution is 0.308. The molecule has 96 valence electrons. The van der Waals surface area contributed by atoms with Crippen molar-refractivity contribution in [1.82, 2.24) is 0 Å². The van der Waals surface area contributed by atoms with Gasteiger partial charge < -0.3 is 0 Å². The fourth-order valence-electron chi connectivity index (χ4n) is 3.19. The van der Waals surface area contributed by atoms with Gasteiger partial charge in [-0.3, -0.25) is 0 Å². The zero-order valence-corrected chi connectivity index (χ0v) is 11.4. The molecule has 1 aliphatic rings. The van der Waals surface area contributed by atoms with E-state index in [1.807, 2.05) is 0 Å². The van der Waals surface area contributed by atoms with Crippen LogP contribution in [0.15, 0.2) is 24.3 Å². The molecule has 0 bridgehead atoms. The molecule has 0 radical (unpaired) electrons. The van der Waals surface area contributed by atoms with Crippen molar-refractivity contribution < 1.29 is 0 Å². The third-order valence-corrected chi connectivity index (χ3v) is 4.28. The molecule has 1 aliphatic carbocycles. The Bertz CT molecular complexity index is 391. The number of rotatable bonds is 4. The molecule has 18 heavy (non-hydrogen) atoms. The van der Waals surface area contributed by atoms with Crippen LogP contribution >= 0.6 is 0 Å². The molecule has 0 aromatic heterocycles. The average Bonchev–Trinajstić information content (AvgIpc) is 2.41. The molecular formula is C17H23N. The maximum Gasteiger partial charge on any atom is 0.0669 e. The van der Waals surface area contributed by atoms with E-state index in [4.69, 9.17) is 5.26 Å². The van der Waals surface area contributed by atoms with E-state index < -0.39 is 0 Å². The van der Waals surface area contributed by atoms with E-state index in [1.54, 1.807) is 0 Å². The molecule has 1 aromatic rings. The number of hydrogen-bond donors (Lipinski definition) is 0. The van der Waals surface area contributed by atoms with Crippen LogP contribution < -0.4 is 0 Å². The van der Waals surface area contributed by atoms with Gasteiger partial charge in [-0.1, -0.05) is 44.0 Å². The molecule has 0 heterocycles. The Balaban J connectivity index is 1.91. The van der Waals surface area contributed by atoms with E-state index in [2.05, 4.69) is 37.3 Å². The predicted molar refractivity (Wildman–Crippen MR) is 75.4 cm³/mol. The minimum Gasteiger partial charge on any atom is -0.198 e. The van der Waals surface area contributed by atoms with Gasteiger partial charge in [-0.25, -0.2) is 0 Å². The van der Waals surface area contributed by atoms with Gasteiger partial charge in [0.1, 0.15) is 0 Å². The first kappa shape index (κ1) is 13.1. The molecule has 1 aromatic carbocycles. The minimum absolute atomic E-state index is 0.531. The maximum absolute atomic E-state index is 8.67. The third-order valence-electron chi connectivity index (χ3n) is 4.28. The SMILES string of the molecule is CCCC1CCC(c2ccc(CC#N)cc2)CC1. The summed E-state index contributed by atoms with van der Waals surface area (Å²) in [6.45, 7) is 2.29. The lowest BCUT2D eigenvalue weighted by atomic mass is 9.77. The van der Waals surface area contributed by atoms with Gasteiger partial charge in [-0.15, -0.1) is 0 Å². The largest absolute Gasteiger partial charge is 0.198 e. The first-order valence-electron chi connectivity index (χ1n) is 7.29. The summed E-state index contributed by atoms with van der Waals surface area (Å²) in [5, 5.41) is 8.67. The fourth-order valence-corrected chi connectivity index (χ4v) is 3.19. The second-order valence-electron chi connectivity index (χ2n) is 5.58. The van der Waals surface area contributed by atoms with Crippen molar-refractivity contribution in [3.8, 4) is 6.07 Å². The summed E-state index contributed by atoms with van der Waals surface area (Å²) < 4.78 is 0. The second kappa shape index (κ2) is 6.59. The van der Waals surface area contributed by atoms with Gasteiger partial charge in [0.25, 0.3) is 0 Å². The molecule has 0 aliphatic heterocycles. The number of benzene rings is 1. The second-order valence-corrected chi connectivity index (χ2v) is 5.58. The first-order chi connectivity index (χ1) is 8.83. The number of nitriles is 1. The summed E-state index contributed by atoms with van der Waals surface area (Å²) in [6.07, 6.45) is 8.77. The molecule has 0 unspecified atom stereocenters. The van der Waals surface area contributed by atoms with Crippen molar-refractivity contribution in [2.45, 2.75) is 57.8 Å². The number of hydrogen-bond acceptors (Lipinski definition) is 1. The van der Waals surface area contributed by atoms with Gasteiger partial charge in [0.2, 0.25) is 0 Å². The Morgan fingerprint density at radius 3 is 2.33 bits per heavy atom. The Hall–Kier alpha value is -1.29. The summed E-state index contributed by atoms with van der Waals surface area (Å²) in [4.78, 5) is 0. The van der Waals surface area contributed by atoms with Crippen LogP contribution in [0.2, 0.25) is 0 Å². The molecule has 2 rings (SSSR count). The third kappa shape index (κ3) is 3.35. The minimum atomic E-state index is 0.531. The Morgan fingerprint density at radius 1 is 1.11 bits per heavy atom. The number of nitrogens with zero attached hydrogens (tertiary/aromatic N) is 1. The van der Waals surface area contributed by atoms with Gasteiger partial charge in [0.15, 0.2) is 0 Å². The average molecular weight is 241 g/mol. The van der Waals surface area contributed by atoms with Crippen LogP contribution in [0.25, 0.3) is 0 Å². The highest BCUT2D eigenvalue weighted by Gasteiger charge is 2.21. The van der Waals surface area contributed by atoms with Crippen LogP contribution in [-0.4, -0.2) is 0 Å². The molecule has 0 amide bonds. The van der Waals surface area contributed by atoms with E-state index >= 15 is 0 Å². The molecule has 1 nitrogen and oxygen atoms in total. The van der Waals surface area contributed by atoms with Crippen LogP contribution in [0.4, 0.5) is 0 Å². The molecule has 0 N–H and O–H groups in total. The molecule has 1 heteroatoms. The van der Waals surface area contributed by atoms with Gasteiger partial charge in [0, 0.05) is 0 Å². The highest BCUT2D eigenvalue weighted by molar-refractivity contribution is 5.27. The smallest absolute Gasteiger partial charge is 0.0669 e. The van der Waals surface area contributed by atoms with E-state index in [0.717, 1.165) is 17.4 Å². The van der Waals surface area contributed by atoms with Crippen molar-refractivity contribution in [2.75, 3.05) is 0 Å². The standard InChI is InChI=1S/C17H23N/c1-2-3-14-4-8-16(9-5-14)17-10-6-15(7-11-17)12-13-18/h6-7,10-11,14,16H,2-5,8-9,12H2,1H3. The summed E-state index contributed by atoms with van der Waals surface area (Å²) in [6, 6.07) is 10.9. The molecule has 1 saturated carbocycles. The summed E-state index contributed by atoms with van der Waals surface area (Å²) in [5.74, 6) is 1.73. The summed E-state index contributed by atoms with van der Waals surface area (Å²) in [5.41, 5.74) is 2.62. The van der Waals surface area contributed by atoms with Crippen LogP contribution in [-0.2, 0) is 6.42 Å². The van der Waals surface area contributed by atoms with Crippen LogP contribution in [0.1, 0.15) is 62.5 Å². The van der Waals surface area contributed by atoms with Crippen LogP contribution in [0.5, 0.6) is 0 Å². The van der Waals surface area contributed by atoms with Gasteiger partial charge in [0.05, 0.1) is 12.5 Å². The maximum atomic E-state index is 8.67. The Morgan fingerprint density at radius 2 is 1.78 bits per heavy atom. The molecule has 0 atom stereocenters. The molecular weight excluding hydrogens is 218 g/mol. The van der Waals surface area contributed by atoms with Crippen LogP contribution in [0, 0.1) is 17.2 Å². The van der Waals surface area contributed by atoms with Gasteiger partial charge in [-0.2, -0.15) is 5.26 Å². The van der Waals surface area contributed by atoms with Crippen molar-refractivity contribution in [1.29, 1.82) is 5.26 Å². The predicted octanol–water partition coefficient (Wildman–Crippen LogP) is 4.83. The van der Waals surface area contributed by atoms with Crippen LogP contribution in [0.3, 0.4) is 0 Å². The fraction of sp³-hybridized carbons (Fsp3) is 0.588. The monoisotopic (exact) mass is 241 g/mol. The Labute approximate surface area is 111 Å². The zero-order valence-electron chi connectivity index (χ0n) is 11.4. The first-order valence-corrected chi connectivity index (χ1v) is 7.29. The Kier molecular flexibility index (Phi) is 4.81. The normalized spacial score (nSPS) is 23.6. The summed E-state index contributed by atoms with van der Waals surface area (Å²) >= 11 is 0. The van der Waals surface area contributed by atoms with E-state index in [0.29, 0.717) is 6.42 Å². The zero-order chi connectivity index (χ0) is 12.8. The lowest BCUT2D eigenvalue weighted by Crippen LogP contribution is -2.13. The summed E-state index contributed by atoms with van der Waals surface area (Å²) in [7, 11) is 0. The molecule has 1 fully saturated rings. The molecule has 0 saturated heterocycles. The lowest BCUT2D eigenvalue weighted by Gasteiger charge is -2.28.